The maximum Gasteiger partial charge on any atom is 0.188 e. The smallest absolute Gasteiger partial charge is 0.188 e. The van der Waals surface area contributed by atoms with E-state index in [0.717, 1.165) is 17.4 Å². The summed E-state index contributed by atoms with van der Waals surface area (Å²) in [4.78, 5) is 11.3. The Labute approximate surface area is 142 Å². The molecule has 0 aliphatic carbocycles. The monoisotopic (exact) mass is 348 g/mol. The molecule has 2 rings (SSSR count). The van der Waals surface area contributed by atoms with Crippen molar-refractivity contribution in [2.45, 2.75) is 18.2 Å². The van der Waals surface area contributed by atoms with Crippen molar-refractivity contribution < 1.29 is 22.7 Å². The normalized spacial score (nSPS) is 11.2. The number of rotatable bonds is 8. The molecule has 2 aromatic carbocycles. The van der Waals surface area contributed by atoms with Gasteiger partial charge in [-0.05, 0) is 41.5 Å². The number of carbonyl (C=O) groups is 1. The summed E-state index contributed by atoms with van der Waals surface area (Å²) in [5.74, 6) is 0.704. The summed E-state index contributed by atoms with van der Waals surface area (Å²) >= 11 is 0. The number of hydrogen-bond acceptors (Lipinski definition) is 5. The molecule has 0 spiro atoms. The van der Waals surface area contributed by atoms with Gasteiger partial charge in [0, 0.05) is 19.1 Å². The van der Waals surface area contributed by atoms with Gasteiger partial charge in [-0.2, -0.15) is 0 Å². The maximum atomic E-state index is 11.9. The van der Waals surface area contributed by atoms with Gasteiger partial charge in [0.15, 0.2) is 16.6 Å². The molecule has 0 aliphatic rings. The molecule has 5 nitrogen and oxygen atoms in total. The molecule has 0 aliphatic heterocycles. The van der Waals surface area contributed by atoms with Crippen LogP contribution >= 0.6 is 0 Å². The molecule has 24 heavy (non-hydrogen) atoms. The summed E-state index contributed by atoms with van der Waals surface area (Å²) in [5.41, 5.74) is 2.32. The zero-order valence-corrected chi connectivity index (χ0v) is 14.5. The molecule has 0 saturated heterocycles. The fourth-order valence-electron chi connectivity index (χ4n) is 2.28. The molecule has 2 aromatic rings. The second kappa shape index (κ2) is 8.08. The van der Waals surface area contributed by atoms with Crippen LogP contribution < -0.4 is 4.74 Å². The van der Waals surface area contributed by atoms with Gasteiger partial charge in [-0.1, -0.05) is 19.1 Å². The van der Waals surface area contributed by atoms with Crippen molar-refractivity contribution in [1.29, 1.82) is 0 Å². The first-order valence-electron chi connectivity index (χ1n) is 7.51. The van der Waals surface area contributed by atoms with Crippen molar-refractivity contribution in [2.75, 3.05) is 19.7 Å². The number of hydrogen-bond donors (Lipinski definition) is 0. The lowest BCUT2D eigenvalue weighted by molar-refractivity contribution is 0.0505. The van der Waals surface area contributed by atoms with E-state index >= 15 is 0 Å². The van der Waals surface area contributed by atoms with E-state index in [9.17, 15) is 13.2 Å². The van der Waals surface area contributed by atoms with E-state index in [4.69, 9.17) is 9.47 Å². The summed E-state index contributed by atoms with van der Waals surface area (Å²) in [6.45, 7) is 1.73. The third kappa shape index (κ3) is 4.43. The number of ether oxygens (including phenoxy) is 2. The molecule has 0 saturated carbocycles. The highest BCUT2D eigenvalue weighted by atomic mass is 32.2. The second-order valence-electron chi connectivity index (χ2n) is 5.26. The van der Waals surface area contributed by atoms with Gasteiger partial charge in [-0.15, -0.1) is 0 Å². The molecule has 0 heterocycles. The lowest BCUT2D eigenvalue weighted by Gasteiger charge is -2.12. The average Bonchev–Trinajstić information content (AvgIpc) is 2.61. The minimum atomic E-state index is -3.21. The molecule has 0 unspecified atom stereocenters. The Morgan fingerprint density at radius 3 is 2.38 bits per heavy atom. The van der Waals surface area contributed by atoms with Crippen LogP contribution in [0.15, 0.2) is 47.4 Å². The van der Waals surface area contributed by atoms with E-state index in [2.05, 4.69) is 0 Å². The molecule has 6 heteroatoms. The average molecular weight is 348 g/mol. The maximum absolute atomic E-state index is 11.9. The summed E-state index contributed by atoms with van der Waals surface area (Å²) in [5, 5.41) is 0. The second-order valence-corrected chi connectivity index (χ2v) is 7.54. The van der Waals surface area contributed by atoms with Crippen molar-refractivity contribution >= 4 is 16.1 Å². The van der Waals surface area contributed by atoms with Gasteiger partial charge >= 0.3 is 0 Å². The molecule has 0 amide bonds. The van der Waals surface area contributed by atoms with E-state index in [0.29, 0.717) is 22.6 Å². The Balaban J connectivity index is 2.27. The molecular weight excluding hydrogens is 328 g/mol. The van der Waals surface area contributed by atoms with Crippen molar-refractivity contribution in [3.8, 4) is 5.75 Å². The van der Waals surface area contributed by atoms with Crippen LogP contribution in [0.5, 0.6) is 5.75 Å². The molecule has 0 aromatic heterocycles. The number of aldehydes is 1. The first kappa shape index (κ1) is 18.2. The molecule has 0 bridgehead atoms. The Kier molecular flexibility index (Phi) is 6.11. The van der Waals surface area contributed by atoms with Crippen LogP contribution in [0.2, 0.25) is 0 Å². The minimum Gasteiger partial charge on any atom is -0.467 e. The largest absolute Gasteiger partial charge is 0.467 e. The molecule has 0 radical (unpaired) electrons. The Hall–Kier alpha value is -2.18. The molecule has 0 N–H and O–H groups in total. The molecular formula is C18H20O5S. The first-order valence-corrected chi connectivity index (χ1v) is 9.17. The fourth-order valence-corrected chi connectivity index (χ4v) is 3.16. The predicted molar refractivity (Wildman–Crippen MR) is 91.3 cm³/mol. The van der Waals surface area contributed by atoms with Gasteiger partial charge < -0.3 is 9.47 Å². The third-order valence-corrected chi connectivity index (χ3v) is 5.36. The first-order chi connectivity index (χ1) is 11.5. The lowest BCUT2D eigenvalue weighted by Crippen LogP contribution is -2.04. The van der Waals surface area contributed by atoms with E-state index in [1.54, 1.807) is 49.4 Å². The van der Waals surface area contributed by atoms with Crippen LogP contribution in [0.25, 0.3) is 0 Å². The van der Waals surface area contributed by atoms with Gasteiger partial charge in [0.05, 0.1) is 10.6 Å². The minimum absolute atomic E-state index is 0.0722. The van der Waals surface area contributed by atoms with Gasteiger partial charge in [-0.3, -0.25) is 4.79 Å². The lowest BCUT2D eigenvalue weighted by atomic mass is 10.0. The quantitative estimate of drug-likeness (QED) is 0.542. The zero-order valence-electron chi connectivity index (χ0n) is 13.7. The van der Waals surface area contributed by atoms with E-state index in [-0.39, 0.29) is 12.5 Å². The van der Waals surface area contributed by atoms with Gasteiger partial charge in [0.2, 0.25) is 0 Å². The van der Waals surface area contributed by atoms with Crippen molar-refractivity contribution in [1.82, 2.24) is 0 Å². The van der Waals surface area contributed by atoms with Crippen LogP contribution in [-0.4, -0.2) is 34.4 Å². The van der Waals surface area contributed by atoms with E-state index in [1.165, 1.54) is 7.11 Å². The fraction of sp³-hybridized carbons (Fsp3) is 0.278. The predicted octanol–water partition coefficient (Wildman–Crippen LogP) is 2.87. The summed E-state index contributed by atoms with van der Waals surface area (Å²) < 4.78 is 34.1. The number of methoxy groups -OCH3 is 1. The van der Waals surface area contributed by atoms with Crippen molar-refractivity contribution in [3.63, 3.8) is 0 Å². The van der Waals surface area contributed by atoms with Gasteiger partial charge in [0.1, 0.15) is 12.0 Å². The standard InChI is InChI=1S/C18H20O5S/c1-3-24(20,21)17-7-4-14(5-8-17)10-16-11-15(12-19)6-9-18(16)23-13-22-2/h4-9,11-12H,3,10,13H2,1-2H3. The number of benzene rings is 2. The highest BCUT2D eigenvalue weighted by Crippen LogP contribution is 2.24. The van der Waals surface area contributed by atoms with Crippen LogP contribution in [-0.2, 0) is 21.0 Å². The SMILES string of the molecule is CCS(=O)(=O)c1ccc(Cc2cc(C=O)ccc2OCOC)cc1. The molecule has 0 atom stereocenters. The van der Waals surface area contributed by atoms with Gasteiger partial charge in [0.25, 0.3) is 0 Å². The summed E-state index contributed by atoms with van der Waals surface area (Å²) in [6.07, 6.45) is 1.30. The van der Waals surface area contributed by atoms with E-state index in [1.807, 2.05) is 0 Å². The van der Waals surface area contributed by atoms with Crippen LogP contribution in [0.4, 0.5) is 0 Å². The Morgan fingerprint density at radius 2 is 1.79 bits per heavy atom. The highest BCUT2D eigenvalue weighted by molar-refractivity contribution is 7.91. The molecule has 0 fully saturated rings. The van der Waals surface area contributed by atoms with Crippen molar-refractivity contribution in [2.24, 2.45) is 0 Å². The van der Waals surface area contributed by atoms with Crippen molar-refractivity contribution in [3.05, 3.63) is 59.2 Å². The summed E-state index contributed by atoms with van der Waals surface area (Å²) in [6, 6.07) is 11.9. The molecule has 128 valence electrons. The third-order valence-electron chi connectivity index (χ3n) is 3.61. The van der Waals surface area contributed by atoms with E-state index < -0.39 is 9.84 Å². The number of carbonyl (C=O) groups excluding carboxylic acids is 1. The van der Waals surface area contributed by atoms with Crippen LogP contribution in [0.1, 0.15) is 28.4 Å². The Bertz CT molecular complexity index is 795. The highest BCUT2D eigenvalue weighted by Gasteiger charge is 2.12. The number of sulfone groups is 1. The van der Waals surface area contributed by atoms with Gasteiger partial charge in [-0.25, -0.2) is 8.42 Å². The van der Waals surface area contributed by atoms with Crippen LogP contribution in [0.3, 0.4) is 0 Å². The summed E-state index contributed by atoms with van der Waals surface area (Å²) in [7, 11) is -1.67. The van der Waals surface area contributed by atoms with Crippen LogP contribution in [0, 0.1) is 0 Å². The Morgan fingerprint density at radius 1 is 1.08 bits per heavy atom. The topological polar surface area (TPSA) is 69.7 Å². The zero-order chi connectivity index (χ0) is 17.6.